The average molecular weight is 489 g/mol. The highest BCUT2D eigenvalue weighted by atomic mass is 16.5. The normalized spacial score (nSPS) is 27.1. The monoisotopic (exact) mass is 488 g/mol. The molecule has 1 fully saturated rings. The van der Waals surface area contributed by atoms with E-state index >= 15 is 0 Å². The number of rotatable bonds is 10. The van der Waals surface area contributed by atoms with Crippen LogP contribution in [-0.2, 0) is 19.1 Å². The zero-order valence-electron chi connectivity index (χ0n) is 20.4. The van der Waals surface area contributed by atoms with Crippen LogP contribution in [0, 0.1) is 0 Å². The quantitative estimate of drug-likeness (QED) is 0.423. The third kappa shape index (κ3) is 5.53. The Morgan fingerprint density at radius 2 is 2.09 bits per heavy atom. The summed E-state index contributed by atoms with van der Waals surface area (Å²) in [6.45, 7) is 5.17. The maximum Gasteiger partial charge on any atom is 0.252 e. The minimum atomic E-state index is -1.04. The van der Waals surface area contributed by atoms with E-state index in [1.807, 2.05) is 38.1 Å². The molecule has 9 heteroatoms. The number of aliphatic hydroxyl groups is 2. The summed E-state index contributed by atoms with van der Waals surface area (Å²) in [4.78, 5) is 28.3. The number of benzene rings is 1. The van der Waals surface area contributed by atoms with Gasteiger partial charge in [-0.15, -0.1) is 0 Å². The van der Waals surface area contributed by atoms with Gasteiger partial charge in [-0.2, -0.15) is 0 Å². The van der Waals surface area contributed by atoms with Gasteiger partial charge in [0.15, 0.2) is 0 Å². The van der Waals surface area contributed by atoms with Gasteiger partial charge in [0.1, 0.15) is 24.1 Å². The fraction of sp³-hybridized carbons (Fsp3) is 0.615. The molecular weight excluding hydrogens is 452 g/mol. The van der Waals surface area contributed by atoms with Crippen LogP contribution in [0.3, 0.4) is 0 Å². The van der Waals surface area contributed by atoms with Crippen molar-refractivity contribution in [1.29, 1.82) is 0 Å². The second kappa shape index (κ2) is 11.5. The van der Waals surface area contributed by atoms with Crippen molar-refractivity contribution in [3.8, 4) is 5.75 Å². The molecule has 4 rings (SSSR count). The summed E-state index contributed by atoms with van der Waals surface area (Å²) in [5.74, 6) is -0.402. The number of fused-ring (bicyclic) bond motifs is 3. The van der Waals surface area contributed by atoms with E-state index in [0.29, 0.717) is 43.9 Å². The van der Waals surface area contributed by atoms with Gasteiger partial charge in [0.2, 0.25) is 5.91 Å². The molecule has 1 aliphatic carbocycles. The first-order chi connectivity index (χ1) is 16.9. The lowest BCUT2D eigenvalue weighted by molar-refractivity contribution is -0.147. The average Bonchev–Trinajstić information content (AvgIpc) is 3.52. The molecule has 0 radical (unpaired) electrons. The Morgan fingerprint density at radius 1 is 1.29 bits per heavy atom. The molecule has 5 atom stereocenters. The van der Waals surface area contributed by atoms with Crippen molar-refractivity contribution in [2.45, 2.75) is 69.5 Å². The molecule has 9 nitrogen and oxygen atoms in total. The summed E-state index contributed by atoms with van der Waals surface area (Å²) in [6.07, 6.45) is 1.46. The molecule has 0 bridgehead atoms. The maximum absolute atomic E-state index is 13.5. The summed E-state index contributed by atoms with van der Waals surface area (Å²) in [7, 11) is 0. The van der Waals surface area contributed by atoms with Crippen LogP contribution in [0.2, 0.25) is 0 Å². The molecule has 1 unspecified atom stereocenters. The summed E-state index contributed by atoms with van der Waals surface area (Å²) < 4.78 is 17.5. The first kappa shape index (κ1) is 25.6. The number of amides is 2. The summed E-state index contributed by atoms with van der Waals surface area (Å²) in [6, 6.07) is 6.65. The van der Waals surface area contributed by atoms with Crippen molar-refractivity contribution < 1.29 is 34.0 Å². The first-order valence-corrected chi connectivity index (χ1v) is 12.5. The van der Waals surface area contributed by atoms with Gasteiger partial charge in [0.05, 0.1) is 24.7 Å². The molecular formula is C26H36N2O7. The number of nitrogens with zero attached hydrogens (tertiary/aromatic N) is 1. The standard InChI is InChI=1S/C26H36N2O7/c1-16(2)33-14-6-11-28(26(32)21-9-5-13-34-21)19-15-18(25(31)27-10-12-29)22-17-7-3-4-8-20(17)35-24(22)23(19)30/h3-4,7-8,15-16,19,21-24,29-30H,5-6,9-14H2,1-2H3,(H,27,31)/t19-,21?,22+,23+,24+/m1/s1. The maximum atomic E-state index is 13.5. The molecule has 0 spiro atoms. The highest BCUT2D eigenvalue weighted by Gasteiger charge is 2.50. The zero-order chi connectivity index (χ0) is 24.9. The summed E-state index contributed by atoms with van der Waals surface area (Å²) >= 11 is 0. The van der Waals surface area contributed by atoms with Crippen LogP contribution in [0.1, 0.15) is 44.6 Å². The van der Waals surface area contributed by atoms with Gasteiger partial charge in [0.25, 0.3) is 5.91 Å². The number of para-hydroxylation sites is 1. The molecule has 1 saturated heterocycles. The number of hydrogen-bond donors (Lipinski definition) is 3. The van der Waals surface area contributed by atoms with E-state index in [0.717, 1.165) is 12.0 Å². The Hall–Kier alpha value is -2.46. The van der Waals surface area contributed by atoms with Gasteiger partial charge in [0, 0.05) is 37.4 Å². The fourth-order valence-electron chi connectivity index (χ4n) is 5.11. The first-order valence-electron chi connectivity index (χ1n) is 12.5. The van der Waals surface area contributed by atoms with Crippen molar-refractivity contribution in [1.82, 2.24) is 10.2 Å². The predicted molar refractivity (Wildman–Crippen MR) is 128 cm³/mol. The Balaban J connectivity index is 1.66. The van der Waals surface area contributed by atoms with Crippen molar-refractivity contribution in [2.24, 2.45) is 0 Å². The molecule has 192 valence electrons. The van der Waals surface area contributed by atoms with E-state index in [1.165, 1.54) is 0 Å². The van der Waals surface area contributed by atoms with Gasteiger partial charge < -0.3 is 34.6 Å². The number of carbonyl (C=O) groups is 2. The second-order valence-corrected chi connectivity index (χ2v) is 9.49. The number of aliphatic hydroxyl groups excluding tert-OH is 2. The topological polar surface area (TPSA) is 118 Å². The lowest BCUT2D eigenvalue weighted by Gasteiger charge is -2.41. The molecule has 3 aliphatic rings. The Kier molecular flexibility index (Phi) is 8.43. The smallest absolute Gasteiger partial charge is 0.252 e. The Labute approximate surface area is 206 Å². The van der Waals surface area contributed by atoms with Crippen LogP contribution >= 0.6 is 0 Å². The van der Waals surface area contributed by atoms with Crippen molar-refractivity contribution >= 4 is 11.8 Å². The number of nitrogens with one attached hydrogen (secondary N) is 1. The SMILES string of the molecule is CC(C)OCCCN(C(=O)C1CCCO1)[C@@H]1C=C(C(=O)NCCO)[C@@H]2c3ccccc3O[C@@H]2[C@H]1O. The second-order valence-electron chi connectivity index (χ2n) is 9.49. The van der Waals surface area contributed by atoms with Gasteiger partial charge in [-0.25, -0.2) is 0 Å². The molecule has 2 aliphatic heterocycles. The fourth-order valence-corrected chi connectivity index (χ4v) is 5.11. The Morgan fingerprint density at radius 3 is 2.80 bits per heavy atom. The van der Waals surface area contributed by atoms with Crippen LogP contribution < -0.4 is 10.1 Å². The van der Waals surface area contributed by atoms with Crippen LogP contribution in [0.4, 0.5) is 0 Å². The summed E-state index contributed by atoms with van der Waals surface area (Å²) in [5, 5.41) is 23.4. The van der Waals surface area contributed by atoms with Crippen LogP contribution in [-0.4, -0.2) is 90.3 Å². The number of hydrogen-bond acceptors (Lipinski definition) is 7. The lowest BCUT2D eigenvalue weighted by Crippen LogP contribution is -2.57. The zero-order valence-corrected chi connectivity index (χ0v) is 20.4. The minimum Gasteiger partial charge on any atom is -0.486 e. The third-order valence-corrected chi connectivity index (χ3v) is 6.72. The molecule has 0 saturated carbocycles. The van der Waals surface area contributed by atoms with Gasteiger partial charge >= 0.3 is 0 Å². The van der Waals surface area contributed by atoms with E-state index in [2.05, 4.69) is 5.32 Å². The van der Waals surface area contributed by atoms with Crippen LogP contribution in [0.25, 0.3) is 0 Å². The number of ether oxygens (including phenoxy) is 3. The molecule has 1 aromatic rings. The van der Waals surface area contributed by atoms with E-state index in [1.54, 1.807) is 11.0 Å². The largest absolute Gasteiger partial charge is 0.486 e. The van der Waals surface area contributed by atoms with Gasteiger partial charge in [-0.05, 0) is 45.3 Å². The van der Waals surface area contributed by atoms with Crippen LogP contribution in [0.5, 0.6) is 5.75 Å². The highest BCUT2D eigenvalue weighted by molar-refractivity contribution is 5.96. The third-order valence-electron chi connectivity index (χ3n) is 6.72. The Bertz CT molecular complexity index is 928. The molecule has 1 aromatic carbocycles. The van der Waals surface area contributed by atoms with Gasteiger partial charge in [-0.1, -0.05) is 18.2 Å². The van der Waals surface area contributed by atoms with Crippen molar-refractivity contribution in [3.63, 3.8) is 0 Å². The van der Waals surface area contributed by atoms with E-state index < -0.39 is 30.3 Å². The van der Waals surface area contributed by atoms with Crippen molar-refractivity contribution in [2.75, 3.05) is 32.9 Å². The van der Waals surface area contributed by atoms with Crippen molar-refractivity contribution in [3.05, 3.63) is 41.5 Å². The molecule has 35 heavy (non-hydrogen) atoms. The molecule has 3 N–H and O–H groups in total. The van der Waals surface area contributed by atoms with Crippen LogP contribution in [0.15, 0.2) is 35.9 Å². The molecule has 2 heterocycles. The molecule has 0 aromatic heterocycles. The van der Waals surface area contributed by atoms with E-state index in [4.69, 9.17) is 14.2 Å². The minimum absolute atomic E-state index is 0.0745. The van der Waals surface area contributed by atoms with E-state index in [9.17, 15) is 19.8 Å². The van der Waals surface area contributed by atoms with Gasteiger partial charge in [-0.3, -0.25) is 9.59 Å². The molecule has 2 amide bonds. The summed E-state index contributed by atoms with van der Waals surface area (Å²) in [5.41, 5.74) is 1.25. The van der Waals surface area contributed by atoms with E-state index in [-0.39, 0.29) is 31.1 Å². The predicted octanol–water partition coefficient (Wildman–Crippen LogP) is 1.13. The lowest BCUT2D eigenvalue weighted by atomic mass is 9.77. The highest BCUT2D eigenvalue weighted by Crippen LogP contribution is 2.47. The number of carbonyl (C=O) groups excluding carboxylic acids is 2.